The summed E-state index contributed by atoms with van der Waals surface area (Å²) in [6.07, 6.45) is -0.0975. The fourth-order valence-corrected chi connectivity index (χ4v) is 3.79. The van der Waals surface area contributed by atoms with Gasteiger partial charge in [-0.15, -0.1) is 0 Å². The lowest BCUT2D eigenvalue weighted by Gasteiger charge is -2.09. The molecule has 5 rings (SSSR count). The zero-order valence-corrected chi connectivity index (χ0v) is 13.2. The molecule has 0 unspecified atom stereocenters. The number of carbonyl (C=O) groups excluding carboxylic acids is 2. The van der Waals surface area contributed by atoms with Gasteiger partial charge in [-0.25, -0.2) is 0 Å². The summed E-state index contributed by atoms with van der Waals surface area (Å²) in [5, 5.41) is 11.3. The van der Waals surface area contributed by atoms with Crippen LogP contribution >= 0.6 is 0 Å². The maximum absolute atomic E-state index is 12.6. The normalized spacial score (nSPS) is 13.8. The Hall–Kier alpha value is -3.40. The van der Waals surface area contributed by atoms with Gasteiger partial charge in [-0.05, 0) is 35.4 Å². The molecular weight excluding hydrogens is 314 g/mol. The van der Waals surface area contributed by atoms with E-state index in [1.54, 1.807) is 18.2 Å². The van der Waals surface area contributed by atoms with Gasteiger partial charge in [0.05, 0.1) is 6.42 Å². The molecule has 0 atom stereocenters. The molecule has 1 heterocycles. The van der Waals surface area contributed by atoms with Crippen LogP contribution in [0.4, 0.5) is 0 Å². The first-order chi connectivity index (χ1) is 12.1. The van der Waals surface area contributed by atoms with Crippen LogP contribution in [0.15, 0.2) is 54.6 Å². The van der Waals surface area contributed by atoms with Gasteiger partial charge in [0, 0.05) is 32.9 Å². The van der Waals surface area contributed by atoms with Crippen molar-refractivity contribution >= 4 is 33.4 Å². The van der Waals surface area contributed by atoms with Gasteiger partial charge >= 0.3 is 0 Å². The van der Waals surface area contributed by atoms with Crippen molar-refractivity contribution in [3.63, 3.8) is 0 Å². The number of nitrogens with one attached hydrogen (secondary N) is 1. The van der Waals surface area contributed by atoms with Crippen molar-refractivity contribution in [3.8, 4) is 16.9 Å². The van der Waals surface area contributed by atoms with E-state index in [2.05, 4.69) is 4.98 Å². The number of carbonyl (C=O) groups is 2. The van der Waals surface area contributed by atoms with E-state index in [4.69, 9.17) is 0 Å². The van der Waals surface area contributed by atoms with E-state index in [1.807, 2.05) is 36.4 Å². The van der Waals surface area contributed by atoms with Crippen LogP contribution in [0, 0.1) is 0 Å². The highest BCUT2D eigenvalue weighted by atomic mass is 16.3. The Labute approximate surface area is 142 Å². The smallest absolute Gasteiger partial charge is 0.172 e. The lowest BCUT2D eigenvalue weighted by molar-refractivity contribution is 0.0923. The van der Waals surface area contributed by atoms with Crippen molar-refractivity contribution in [1.29, 1.82) is 0 Å². The maximum Gasteiger partial charge on any atom is 0.172 e. The minimum absolute atomic E-state index is 0.0975. The number of aromatic nitrogens is 1. The van der Waals surface area contributed by atoms with Gasteiger partial charge in [-0.1, -0.05) is 30.3 Å². The van der Waals surface area contributed by atoms with Gasteiger partial charge in [-0.3, -0.25) is 9.59 Å². The number of rotatable bonds is 1. The van der Waals surface area contributed by atoms with E-state index < -0.39 is 0 Å². The maximum atomic E-state index is 12.6. The fourth-order valence-electron chi connectivity index (χ4n) is 3.79. The molecule has 0 saturated heterocycles. The van der Waals surface area contributed by atoms with Crippen LogP contribution in [-0.4, -0.2) is 21.7 Å². The van der Waals surface area contributed by atoms with Gasteiger partial charge in [0.25, 0.3) is 0 Å². The number of phenols is 1. The van der Waals surface area contributed by atoms with E-state index in [1.165, 1.54) is 0 Å². The van der Waals surface area contributed by atoms with Crippen molar-refractivity contribution in [2.24, 2.45) is 0 Å². The first-order valence-electron chi connectivity index (χ1n) is 8.07. The topological polar surface area (TPSA) is 70.2 Å². The van der Waals surface area contributed by atoms with Crippen molar-refractivity contribution in [2.75, 3.05) is 0 Å². The first-order valence-corrected chi connectivity index (χ1v) is 8.07. The van der Waals surface area contributed by atoms with Gasteiger partial charge in [-0.2, -0.15) is 0 Å². The lowest BCUT2D eigenvalue weighted by atomic mass is 9.93. The summed E-state index contributed by atoms with van der Waals surface area (Å²) in [7, 11) is 0. The Bertz CT molecular complexity index is 1200. The molecule has 0 bridgehead atoms. The molecule has 0 spiro atoms. The fraction of sp³-hybridized carbons (Fsp3) is 0.0476. The predicted octanol–water partition coefficient (Wildman–Crippen LogP) is 4.46. The third-order valence-electron chi connectivity index (χ3n) is 4.83. The van der Waals surface area contributed by atoms with Crippen molar-refractivity contribution < 1.29 is 14.7 Å². The molecule has 0 aliphatic heterocycles. The number of hydrogen-bond acceptors (Lipinski definition) is 3. The standard InChI is InChI=1S/C21H13NO3/c23-12-6-7-15-14(8-12)19-16(22-15)9-13(11-4-2-1-3-5-11)20-17(24)10-18(25)21(19)20/h1-9,22-23H,10H2. The molecule has 1 aliphatic rings. The van der Waals surface area contributed by atoms with Gasteiger partial charge in [0.1, 0.15) is 5.75 Å². The van der Waals surface area contributed by atoms with E-state index in [-0.39, 0.29) is 23.7 Å². The molecule has 0 radical (unpaired) electrons. The van der Waals surface area contributed by atoms with Crippen LogP contribution in [0.5, 0.6) is 5.75 Å². The second-order valence-electron chi connectivity index (χ2n) is 6.34. The average Bonchev–Trinajstić information content (AvgIpc) is 3.12. The molecule has 1 aliphatic carbocycles. The molecule has 120 valence electrons. The molecule has 25 heavy (non-hydrogen) atoms. The van der Waals surface area contributed by atoms with Crippen LogP contribution in [0.2, 0.25) is 0 Å². The summed E-state index contributed by atoms with van der Waals surface area (Å²) in [4.78, 5) is 28.5. The third kappa shape index (κ3) is 1.88. The monoisotopic (exact) mass is 327 g/mol. The predicted molar refractivity (Wildman–Crippen MR) is 96.2 cm³/mol. The molecule has 4 nitrogen and oxygen atoms in total. The van der Waals surface area contributed by atoms with Crippen molar-refractivity contribution in [3.05, 3.63) is 65.7 Å². The van der Waals surface area contributed by atoms with Gasteiger partial charge in [0.2, 0.25) is 0 Å². The van der Waals surface area contributed by atoms with Crippen molar-refractivity contribution in [2.45, 2.75) is 6.42 Å². The number of Topliss-reactive ketones (excluding diaryl/α,β-unsaturated/α-hetero) is 2. The second-order valence-corrected chi connectivity index (χ2v) is 6.34. The highest BCUT2D eigenvalue weighted by Gasteiger charge is 2.33. The van der Waals surface area contributed by atoms with E-state index in [0.29, 0.717) is 11.1 Å². The zero-order chi connectivity index (χ0) is 17.1. The van der Waals surface area contributed by atoms with Crippen LogP contribution in [0.3, 0.4) is 0 Å². The number of aromatic hydroxyl groups is 1. The Morgan fingerprint density at radius 2 is 1.60 bits per heavy atom. The molecule has 0 amide bonds. The number of ketones is 2. The SMILES string of the molecule is O=C1CC(=O)c2c1c(-c1ccccc1)cc1[nH]c3ccc(O)cc3c21. The third-order valence-corrected chi connectivity index (χ3v) is 4.83. The molecule has 3 aromatic carbocycles. The average molecular weight is 327 g/mol. The molecule has 4 heteroatoms. The number of hydrogen-bond donors (Lipinski definition) is 2. The Kier molecular flexibility index (Phi) is 2.69. The summed E-state index contributed by atoms with van der Waals surface area (Å²) in [5.41, 5.74) is 4.26. The zero-order valence-electron chi connectivity index (χ0n) is 13.2. The highest BCUT2D eigenvalue weighted by Crippen LogP contribution is 2.41. The summed E-state index contributed by atoms with van der Waals surface area (Å²) in [5.74, 6) is -0.173. The Balaban J connectivity index is 1.99. The first kappa shape index (κ1) is 14.0. The number of fused-ring (bicyclic) bond motifs is 5. The summed E-state index contributed by atoms with van der Waals surface area (Å²) < 4.78 is 0. The van der Waals surface area contributed by atoms with Crippen LogP contribution < -0.4 is 0 Å². The number of phenolic OH excluding ortho intramolecular Hbond substituents is 1. The van der Waals surface area contributed by atoms with E-state index in [0.717, 1.165) is 32.9 Å². The number of benzene rings is 3. The minimum atomic E-state index is -0.160. The molecule has 2 N–H and O–H groups in total. The second kappa shape index (κ2) is 4.80. The minimum Gasteiger partial charge on any atom is -0.508 e. The molecule has 0 fully saturated rings. The number of aromatic amines is 1. The lowest BCUT2D eigenvalue weighted by Crippen LogP contribution is -1.96. The van der Waals surface area contributed by atoms with E-state index >= 15 is 0 Å². The largest absolute Gasteiger partial charge is 0.508 e. The molecule has 4 aromatic rings. The molecule has 1 aromatic heterocycles. The van der Waals surface area contributed by atoms with Gasteiger partial charge < -0.3 is 10.1 Å². The molecule has 0 saturated carbocycles. The quantitative estimate of drug-likeness (QED) is 0.507. The van der Waals surface area contributed by atoms with E-state index in [9.17, 15) is 14.7 Å². The number of H-pyrrole nitrogens is 1. The summed E-state index contributed by atoms with van der Waals surface area (Å²) in [6, 6.07) is 16.6. The van der Waals surface area contributed by atoms with Crippen LogP contribution in [0.1, 0.15) is 27.1 Å². The van der Waals surface area contributed by atoms with Crippen LogP contribution in [-0.2, 0) is 0 Å². The highest BCUT2D eigenvalue weighted by molar-refractivity contribution is 6.34. The summed E-state index contributed by atoms with van der Waals surface area (Å²) in [6.45, 7) is 0. The summed E-state index contributed by atoms with van der Waals surface area (Å²) >= 11 is 0. The molecular formula is C21H13NO3. The van der Waals surface area contributed by atoms with Crippen molar-refractivity contribution in [1.82, 2.24) is 4.98 Å². The van der Waals surface area contributed by atoms with Crippen LogP contribution in [0.25, 0.3) is 32.9 Å². The Morgan fingerprint density at radius 3 is 2.40 bits per heavy atom. The Morgan fingerprint density at radius 1 is 0.840 bits per heavy atom. The van der Waals surface area contributed by atoms with Gasteiger partial charge in [0.15, 0.2) is 11.6 Å².